The molecule has 4 heteroatoms. The lowest BCUT2D eigenvalue weighted by Crippen LogP contribution is -1.62. The Labute approximate surface area is 69.6 Å². The maximum absolute atomic E-state index is 5.51. The topological polar surface area (TPSA) is 12.9 Å². The number of hydrogen-bond acceptors (Lipinski definition) is 2. The van der Waals surface area contributed by atoms with Gasteiger partial charge in [-0.2, -0.15) is 4.37 Å². The molecule has 0 amide bonds. The van der Waals surface area contributed by atoms with Gasteiger partial charge in [-0.3, -0.25) is 0 Å². The SMILES string of the molecule is Cc1cc(CCl)sn1.Cl. The van der Waals surface area contributed by atoms with Crippen LogP contribution in [0.15, 0.2) is 6.07 Å². The maximum Gasteiger partial charge on any atom is 0.0584 e. The molecule has 9 heavy (non-hydrogen) atoms. The molecule has 0 unspecified atom stereocenters. The molecule has 0 saturated heterocycles. The summed E-state index contributed by atoms with van der Waals surface area (Å²) in [5.74, 6) is 0.589. The van der Waals surface area contributed by atoms with Crippen LogP contribution in [-0.4, -0.2) is 4.37 Å². The normalized spacial score (nSPS) is 8.67. The number of alkyl halides is 1. The van der Waals surface area contributed by atoms with Crippen molar-refractivity contribution < 1.29 is 0 Å². The zero-order valence-electron chi connectivity index (χ0n) is 4.93. The third-order valence-corrected chi connectivity index (χ3v) is 2.13. The van der Waals surface area contributed by atoms with E-state index < -0.39 is 0 Å². The van der Waals surface area contributed by atoms with Crippen LogP contribution in [0.3, 0.4) is 0 Å². The molecule has 1 rings (SSSR count). The van der Waals surface area contributed by atoms with Gasteiger partial charge in [-0.1, -0.05) is 0 Å². The first-order valence-electron chi connectivity index (χ1n) is 2.31. The maximum atomic E-state index is 5.51. The van der Waals surface area contributed by atoms with E-state index in [9.17, 15) is 0 Å². The minimum Gasteiger partial charge on any atom is -0.198 e. The lowest BCUT2D eigenvalue weighted by molar-refractivity contribution is 1.34. The molecule has 1 nitrogen and oxygen atoms in total. The Hall–Kier alpha value is 0.210. The van der Waals surface area contributed by atoms with Crippen molar-refractivity contribution in [2.45, 2.75) is 12.8 Å². The van der Waals surface area contributed by atoms with E-state index in [2.05, 4.69) is 4.37 Å². The predicted molar refractivity (Wildman–Crippen MR) is 43.7 cm³/mol. The molecule has 1 heterocycles. The van der Waals surface area contributed by atoms with E-state index in [1.807, 2.05) is 13.0 Å². The van der Waals surface area contributed by atoms with Crippen molar-refractivity contribution in [1.29, 1.82) is 0 Å². The van der Waals surface area contributed by atoms with Crippen LogP contribution in [0.2, 0.25) is 0 Å². The van der Waals surface area contributed by atoms with Crippen molar-refractivity contribution in [1.82, 2.24) is 4.37 Å². The van der Waals surface area contributed by atoms with Gasteiger partial charge in [0.05, 0.1) is 11.6 Å². The highest BCUT2D eigenvalue weighted by Gasteiger charge is 1.92. The largest absolute Gasteiger partial charge is 0.198 e. The summed E-state index contributed by atoms with van der Waals surface area (Å²) in [6.45, 7) is 1.96. The lowest BCUT2D eigenvalue weighted by atomic mass is 10.4. The third-order valence-electron chi connectivity index (χ3n) is 0.808. The quantitative estimate of drug-likeness (QED) is 0.611. The minimum atomic E-state index is 0. The third kappa shape index (κ3) is 2.52. The van der Waals surface area contributed by atoms with Crippen LogP contribution in [-0.2, 0) is 5.88 Å². The summed E-state index contributed by atoms with van der Waals surface area (Å²) in [4.78, 5) is 1.14. The van der Waals surface area contributed by atoms with E-state index in [-0.39, 0.29) is 12.4 Å². The molecule has 0 aromatic carbocycles. The fourth-order valence-corrected chi connectivity index (χ4v) is 1.29. The highest BCUT2D eigenvalue weighted by Crippen LogP contribution is 2.10. The van der Waals surface area contributed by atoms with Crippen molar-refractivity contribution in [2.75, 3.05) is 0 Å². The Morgan fingerprint density at radius 1 is 1.78 bits per heavy atom. The second-order valence-corrected chi connectivity index (χ2v) is 2.73. The molecule has 0 aliphatic heterocycles. The first-order valence-corrected chi connectivity index (χ1v) is 3.62. The highest BCUT2D eigenvalue weighted by molar-refractivity contribution is 7.06. The standard InChI is InChI=1S/C5H6ClNS.ClH/c1-4-2-5(3-6)8-7-4;/h2H,3H2,1H3;1H. The van der Waals surface area contributed by atoms with Crippen molar-refractivity contribution in [2.24, 2.45) is 0 Å². The van der Waals surface area contributed by atoms with Crippen LogP contribution in [0.25, 0.3) is 0 Å². The molecular formula is C5H7Cl2NS. The second-order valence-electron chi connectivity index (χ2n) is 1.57. The van der Waals surface area contributed by atoms with Crippen molar-refractivity contribution >= 4 is 35.5 Å². The summed E-state index contributed by atoms with van der Waals surface area (Å²) in [5, 5.41) is 0. The molecular weight excluding hydrogens is 177 g/mol. The van der Waals surface area contributed by atoms with Crippen molar-refractivity contribution in [3.05, 3.63) is 16.6 Å². The van der Waals surface area contributed by atoms with E-state index in [0.29, 0.717) is 5.88 Å². The van der Waals surface area contributed by atoms with E-state index in [4.69, 9.17) is 11.6 Å². The average molecular weight is 184 g/mol. The average Bonchev–Trinajstić information content (AvgIpc) is 2.14. The van der Waals surface area contributed by atoms with Gasteiger partial charge in [0.25, 0.3) is 0 Å². The van der Waals surface area contributed by atoms with Crippen molar-refractivity contribution in [3.8, 4) is 0 Å². The van der Waals surface area contributed by atoms with Gasteiger partial charge in [0.1, 0.15) is 0 Å². The van der Waals surface area contributed by atoms with Crippen molar-refractivity contribution in [3.63, 3.8) is 0 Å². The molecule has 0 saturated carbocycles. The summed E-state index contributed by atoms with van der Waals surface area (Å²) >= 11 is 6.98. The van der Waals surface area contributed by atoms with Crippen LogP contribution in [0.5, 0.6) is 0 Å². The second kappa shape index (κ2) is 4.09. The van der Waals surface area contributed by atoms with Crippen LogP contribution in [0, 0.1) is 6.92 Å². The molecule has 52 valence electrons. The molecule has 0 atom stereocenters. The number of aromatic nitrogens is 1. The fraction of sp³-hybridized carbons (Fsp3) is 0.400. The Morgan fingerprint density at radius 2 is 2.44 bits per heavy atom. The number of hydrogen-bond donors (Lipinski definition) is 0. The molecule has 0 fully saturated rings. The molecule has 1 aromatic rings. The molecule has 0 aliphatic rings. The van der Waals surface area contributed by atoms with Gasteiger partial charge >= 0.3 is 0 Å². The smallest absolute Gasteiger partial charge is 0.0584 e. The first kappa shape index (κ1) is 9.21. The lowest BCUT2D eigenvalue weighted by Gasteiger charge is -1.75. The Bertz CT molecular complexity index is 175. The highest BCUT2D eigenvalue weighted by atomic mass is 35.5. The van der Waals surface area contributed by atoms with E-state index in [0.717, 1.165) is 10.6 Å². The van der Waals surface area contributed by atoms with E-state index in [1.54, 1.807) is 0 Å². The number of halogens is 2. The zero-order valence-corrected chi connectivity index (χ0v) is 7.32. The Balaban J connectivity index is 0.000000640. The van der Waals surface area contributed by atoms with E-state index >= 15 is 0 Å². The molecule has 0 bridgehead atoms. The summed E-state index contributed by atoms with van der Waals surface area (Å²) in [6.07, 6.45) is 0. The van der Waals surface area contributed by atoms with Crippen LogP contribution >= 0.6 is 35.5 Å². The predicted octanol–water partition coefficient (Wildman–Crippen LogP) is 2.61. The molecule has 0 N–H and O–H groups in total. The summed E-state index contributed by atoms with van der Waals surface area (Å²) in [5.41, 5.74) is 1.06. The Morgan fingerprint density at radius 3 is 2.67 bits per heavy atom. The summed E-state index contributed by atoms with van der Waals surface area (Å²) < 4.78 is 4.04. The van der Waals surface area contributed by atoms with Gasteiger partial charge in [-0.25, -0.2) is 0 Å². The van der Waals surface area contributed by atoms with E-state index in [1.165, 1.54) is 11.5 Å². The van der Waals surface area contributed by atoms with Crippen LogP contribution in [0.1, 0.15) is 10.6 Å². The summed E-state index contributed by atoms with van der Waals surface area (Å²) in [7, 11) is 0. The van der Waals surface area contributed by atoms with Crippen LogP contribution < -0.4 is 0 Å². The fourth-order valence-electron chi connectivity index (χ4n) is 0.479. The summed E-state index contributed by atoms with van der Waals surface area (Å²) in [6, 6.07) is 2.00. The van der Waals surface area contributed by atoms with Gasteiger partial charge < -0.3 is 0 Å². The molecule has 0 aliphatic carbocycles. The van der Waals surface area contributed by atoms with Gasteiger partial charge in [0, 0.05) is 4.88 Å². The van der Waals surface area contributed by atoms with Gasteiger partial charge in [-0.05, 0) is 24.5 Å². The van der Waals surface area contributed by atoms with Gasteiger partial charge in [0.15, 0.2) is 0 Å². The number of aryl methyl sites for hydroxylation is 1. The molecule has 1 aromatic heterocycles. The van der Waals surface area contributed by atoms with Gasteiger partial charge in [-0.15, -0.1) is 24.0 Å². The Kier molecular flexibility index (Phi) is 4.19. The first-order chi connectivity index (χ1) is 3.83. The number of rotatable bonds is 1. The monoisotopic (exact) mass is 183 g/mol. The van der Waals surface area contributed by atoms with Crippen LogP contribution in [0.4, 0.5) is 0 Å². The number of nitrogens with zero attached hydrogens (tertiary/aromatic N) is 1. The minimum absolute atomic E-state index is 0. The molecule has 0 spiro atoms. The zero-order chi connectivity index (χ0) is 5.98. The molecule has 0 radical (unpaired) electrons. The van der Waals surface area contributed by atoms with Gasteiger partial charge in [0.2, 0.25) is 0 Å².